The molecule has 0 saturated carbocycles. The zero-order chi connectivity index (χ0) is 25.8. The molecule has 0 heterocycles. The van der Waals surface area contributed by atoms with Crippen LogP contribution in [0.1, 0.15) is 143 Å². The maximum Gasteiger partial charge on any atom is 0.306 e. The molecule has 0 aliphatic rings. The number of nitrogens with one attached hydrogen (secondary N) is 1. The number of carbonyl (C=O) groups excluding carboxylic acids is 2. The molecule has 0 amide bonds. The first kappa shape index (κ1) is 33.6. The Balaban J connectivity index is 3.77. The lowest BCUT2D eigenvalue weighted by Gasteiger charge is -2.18. The van der Waals surface area contributed by atoms with Gasteiger partial charge in [0.1, 0.15) is 12.7 Å². The van der Waals surface area contributed by atoms with E-state index in [0.717, 1.165) is 58.0 Å². The molecule has 0 bridgehead atoms. The van der Waals surface area contributed by atoms with E-state index in [-0.39, 0.29) is 18.0 Å². The minimum Gasteiger partial charge on any atom is -0.462 e. The SMILES string of the molecule is CCCCCC/C=C\COC(=O)CCCNCCCC(=O)OC(CCCCCC)CCCCCC. The topological polar surface area (TPSA) is 64.6 Å². The minimum absolute atomic E-state index is 0.0650. The zero-order valence-electron chi connectivity index (χ0n) is 23.4. The lowest BCUT2D eigenvalue weighted by Crippen LogP contribution is -2.21. The average molecular weight is 496 g/mol. The van der Waals surface area contributed by atoms with E-state index in [4.69, 9.17) is 9.47 Å². The molecule has 0 spiro atoms. The highest BCUT2D eigenvalue weighted by Gasteiger charge is 2.14. The third-order valence-electron chi connectivity index (χ3n) is 6.26. The van der Waals surface area contributed by atoms with Crippen LogP contribution in [0.5, 0.6) is 0 Å². The van der Waals surface area contributed by atoms with Crippen LogP contribution < -0.4 is 5.32 Å². The number of unbranched alkanes of at least 4 members (excludes halogenated alkanes) is 10. The lowest BCUT2D eigenvalue weighted by atomic mass is 10.0. The van der Waals surface area contributed by atoms with Gasteiger partial charge in [0.05, 0.1) is 0 Å². The zero-order valence-corrected chi connectivity index (χ0v) is 23.4. The van der Waals surface area contributed by atoms with E-state index in [1.54, 1.807) is 0 Å². The second kappa shape index (κ2) is 27.2. The molecule has 1 N–H and O–H groups in total. The monoisotopic (exact) mass is 495 g/mol. The largest absolute Gasteiger partial charge is 0.462 e. The van der Waals surface area contributed by atoms with Gasteiger partial charge in [-0.1, -0.05) is 90.7 Å². The maximum atomic E-state index is 12.3. The summed E-state index contributed by atoms with van der Waals surface area (Å²) in [6, 6.07) is 0. The normalized spacial score (nSPS) is 11.4. The molecule has 0 rings (SSSR count). The maximum absolute atomic E-state index is 12.3. The standard InChI is InChI=1S/C30H57NO4/c1-4-7-10-13-14-15-18-27-34-29(32)23-19-25-31-26-20-24-30(33)35-28(21-16-11-8-5-2)22-17-12-9-6-3/h15,18,28,31H,4-14,16-17,19-27H2,1-3H3/b18-15-. The first-order valence-corrected chi connectivity index (χ1v) is 14.8. The Morgan fingerprint density at radius 2 is 1.20 bits per heavy atom. The summed E-state index contributed by atoms with van der Waals surface area (Å²) in [4.78, 5) is 24.1. The highest BCUT2D eigenvalue weighted by atomic mass is 16.5. The van der Waals surface area contributed by atoms with Crippen LogP contribution in [0, 0.1) is 0 Å². The molecular formula is C30H57NO4. The molecule has 5 heteroatoms. The van der Waals surface area contributed by atoms with Gasteiger partial charge in [0.15, 0.2) is 0 Å². The Morgan fingerprint density at radius 1 is 0.657 bits per heavy atom. The predicted octanol–water partition coefficient (Wildman–Crippen LogP) is 8.06. The van der Waals surface area contributed by atoms with Crippen LogP contribution in [-0.2, 0) is 19.1 Å². The smallest absolute Gasteiger partial charge is 0.306 e. The summed E-state index contributed by atoms with van der Waals surface area (Å²) in [5, 5.41) is 3.32. The lowest BCUT2D eigenvalue weighted by molar-refractivity contribution is -0.150. The second-order valence-corrected chi connectivity index (χ2v) is 9.77. The summed E-state index contributed by atoms with van der Waals surface area (Å²) in [6.45, 7) is 8.55. The van der Waals surface area contributed by atoms with E-state index in [9.17, 15) is 9.59 Å². The van der Waals surface area contributed by atoms with Gasteiger partial charge in [0, 0.05) is 12.8 Å². The number of hydrogen-bond acceptors (Lipinski definition) is 5. The van der Waals surface area contributed by atoms with Crippen molar-refractivity contribution in [3.8, 4) is 0 Å². The Labute approximate surface area is 217 Å². The Morgan fingerprint density at radius 3 is 1.77 bits per heavy atom. The fraction of sp³-hybridized carbons (Fsp3) is 0.867. The molecule has 0 unspecified atom stereocenters. The van der Waals surface area contributed by atoms with Gasteiger partial charge in [-0.25, -0.2) is 0 Å². The van der Waals surface area contributed by atoms with Crippen LogP contribution in [0.15, 0.2) is 12.2 Å². The van der Waals surface area contributed by atoms with Crippen molar-refractivity contribution in [1.82, 2.24) is 5.32 Å². The number of hydrogen-bond donors (Lipinski definition) is 1. The first-order chi connectivity index (χ1) is 17.1. The Bertz CT molecular complexity index is 495. The van der Waals surface area contributed by atoms with Crippen molar-refractivity contribution < 1.29 is 19.1 Å². The van der Waals surface area contributed by atoms with Crippen molar-refractivity contribution in [3.05, 3.63) is 12.2 Å². The predicted molar refractivity (Wildman–Crippen MR) is 148 cm³/mol. The fourth-order valence-electron chi connectivity index (χ4n) is 4.03. The van der Waals surface area contributed by atoms with Gasteiger partial charge in [-0.3, -0.25) is 9.59 Å². The number of rotatable bonds is 26. The van der Waals surface area contributed by atoms with Crippen molar-refractivity contribution >= 4 is 11.9 Å². The summed E-state index contributed by atoms with van der Waals surface area (Å²) in [7, 11) is 0. The van der Waals surface area contributed by atoms with Crippen LogP contribution in [0.4, 0.5) is 0 Å². The molecule has 0 saturated heterocycles. The summed E-state index contributed by atoms with van der Waals surface area (Å²) in [5.74, 6) is -0.209. The molecule has 206 valence electrons. The van der Waals surface area contributed by atoms with Gasteiger partial charge in [-0.2, -0.15) is 0 Å². The molecule has 0 fully saturated rings. The third kappa shape index (κ3) is 25.5. The molecule has 0 atom stereocenters. The van der Waals surface area contributed by atoms with Gasteiger partial charge in [0.25, 0.3) is 0 Å². The third-order valence-corrected chi connectivity index (χ3v) is 6.26. The number of carbonyl (C=O) groups is 2. The van der Waals surface area contributed by atoms with Crippen molar-refractivity contribution in [2.75, 3.05) is 19.7 Å². The molecule has 0 aliphatic carbocycles. The summed E-state index contributed by atoms with van der Waals surface area (Å²) in [5.41, 5.74) is 0. The van der Waals surface area contributed by atoms with E-state index < -0.39 is 0 Å². The van der Waals surface area contributed by atoms with E-state index in [0.29, 0.717) is 19.4 Å². The highest BCUT2D eigenvalue weighted by Crippen LogP contribution is 2.16. The van der Waals surface area contributed by atoms with Gasteiger partial charge in [-0.15, -0.1) is 0 Å². The quantitative estimate of drug-likeness (QED) is 0.0747. The summed E-state index contributed by atoms with van der Waals surface area (Å²) < 4.78 is 11.0. The molecule has 0 aromatic rings. The number of allylic oxidation sites excluding steroid dienone is 1. The van der Waals surface area contributed by atoms with Crippen LogP contribution >= 0.6 is 0 Å². The summed E-state index contributed by atoms with van der Waals surface area (Å²) >= 11 is 0. The molecule has 0 radical (unpaired) electrons. The second-order valence-electron chi connectivity index (χ2n) is 9.77. The van der Waals surface area contributed by atoms with Crippen LogP contribution in [0.3, 0.4) is 0 Å². The number of esters is 2. The van der Waals surface area contributed by atoms with Gasteiger partial charge in [-0.05, 0) is 64.5 Å². The van der Waals surface area contributed by atoms with Crippen molar-refractivity contribution in [2.24, 2.45) is 0 Å². The average Bonchev–Trinajstić information content (AvgIpc) is 2.85. The van der Waals surface area contributed by atoms with Crippen molar-refractivity contribution in [1.29, 1.82) is 0 Å². The van der Waals surface area contributed by atoms with Crippen molar-refractivity contribution in [2.45, 2.75) is 149 Å². The van der Waals surface area contributed by atoms with Crippen molar-refractivity contribution in [3.63, 3.8) is 0 Å². The summed E-state index contributed by atoms with van der Waals surface area (Å²) in [6.07, 6.45) is 24.4. The van der Waals surface area contributed by atoms with Gasteiger partial charge < -0.3 is 14.8 Å². The molecule has 0 aromatic carbocycles. The van der Waals surface area contributed by atoms with Crippen LogP contribution in [-0.4, -0.2) is 37.7 Å². The fourth-order valence-corrected chi connectivity index (χ4v) is 4.03. The highest BCUT2D eigenvalue weighted by molar-refractivity contribution is 5.69. The van der Waals surface area contributed by atoms with Crippen LogP contribution in [0.2, 0.25) is 0 Å². The molecule has 35 heavy (non-hydrogen) atoms. The Kier molecular flexibility index (Phi) is 26.2. The van der Waals surface area contributed by atoms with E-state index in [1.165, 1.54) is 64.2 Å². The molecular weight excluding hydrogens is 438 g/mol. The van der Waals surface area contributed by atoms with Gasteiger partial charge >= 0.3 is 11.9 Å². The van der Waals surface area contributed by atoms with E-state index in [1.807, 2.05) is 6.08 Å². The molecule has 5 nitrogen and oxygen atoms in total. The molecule has 0 aromatic heterocycles. The minimum atomic E-state index is -0.144. The number of ether oxygens (including phenoxy) is 2. The first-order valence-electron chi connectivity index (χ1n) is 14.8. The van der Waals surface area contributed by atoms with E-state index >= 15 is 0 Å². The van der Waals surface area contributed by atoms with E-state index in [2.05, 4.69) is 32.2 Å². The van der Waals surface area contributed by atoms with Crippen LogP contribution in [0.25, 0.3) is 0 Å². The molecule has 0 aliphatic heterocycles. The van der Waals surface area contributed by atoms with Gasteiger partial charge in [0.2, 0.25) is 0 Å². The Hall–Kier alpha value is -1.36.